The molecular formula is C13H17FN4O2. The maximum Gasteiger partial charge on any atom is 0.255 e. The molecule has 1 aromatic heterocycles. The summed E-state index contributed by atoms with van der Waals surface area (Å²) in [4.78, 5) is 30.3. The second-order valence-electron chi connectivity index (χ2n) is 4.76. The SMILES string of the molecule is NC(=O)CN1CCCN(C(=O)c2ccc(F)nc2)CC1. The van der Waals surface area contributed by atoms with Gasteiger partial charge in [-0.25, -0.2) is 4.98 Å². The Bertz CT molecular complexity index is 492. The monoisotopic (exact) mass is 280 g/mol. The van der Waals surface area contributed by atoms with Crippen LogP contribution in [0.3, 0.4) is 0 Å². The second kappa shape index (κ2) is 6.42. The van der Waals surface area contributed by atoms with Crippen LogP contribution < -0.4 is 5.73 Å². The molecule has 2 heterocycles. The molecule has 20 heavy (non-hydrogen) atoms. The zero-order valence-electron chi connectivity index (χ0n) is 11.1. The van der Waals surface area contributed by atoms with Crippen LogP contribution in [0.2, 0.25) is 0 Å². The molecule has 1 saturated heterocycles. The van der Waals surface area contributed by atoms with Gasteiger partial charge in [0.25, 0.3) is 5.91 Å². The van der Waals surface area contributed by atoms with E-state index in [1.165, 1.54) is 18.3 Å². The molecule has 1 fully saturated rings. The molecule has 0 radical (unpaired) electrons. The molecule has 2 N–H and O–H groups in total. The van der Waals surface area contributed by atoms with Crippen molar-refractivity contribution >= 4 is 11.8 Å². The number of amides is 2. The van der Waals surface area contributed by atoms with E-state index in [9.17, 15) is 14.0 Å². The van der Waals surface area contributed by atoms with Crippen LogP contribution in [0, 0.1) is 5.95 Å². The van der Waals surface area contributed by atoms with Crippen LogP contribution in [-0.2, 0) is 4.79 Å². The molecule has 0 spiro atoms. The van der Waals surface area contributed by atoms with Gasteiger partial charge >= 0.3 is 0 Å². The lowest BCUT2D eigenvalue weighted by Gasteiger charge is -2.21. The van der Waals surface area contributed by atoms with Crippen molar-refractivity contribution in [2.45, 2.75) is 6.42 Å². The number of rotatable bonds is 3. The van der Waals surface area contributed by atoms with Gasteiger partial charge in [0, 0.05) is 32.4 Å². The Balaban J connectivity index is 1.97. The maximum absolute atomic E-state index is 12.7. The maximum atomic E-state index is 12.7. The van der Waals surface area contributed by atoms with E-state index in [1.54, 1.807) is 4.90 Å². The number of pyridine rings is 1. The van der Waals surface area contributed by atoms with Crippen molar-refractivity contribution in [1.29, 1.82) is 0 Å². The minimum absolute atomic E-state index is 0.168. The standard InChI is InChI=1S/C13H17FN4O2/c14-11-3-2-10(8-16-11)13(20)18-5-1-4-17(6-7-18)9-12(15)19/h2-3,8H,1,4-7,9H2,(H2,15,19). The van der Waals surface area contributed by atoms with Gasteiger partial charge in [0.05, 0.1) is 12.1 Å². The molecular weight excluding hydrogens is 263 g/mol. The number of primary amides is 1. The Hall–Kier alpha value is -2.02. The normalized spacial score (nSPS) is 16.8. The van der Waals surface area contributed by atoms with E-state index in [0.29, 0.717) is 25.2 Å². The summed E-state index contributed by atoms with van der Waals surface area (Å²) in [6.45, 7) is 2.66. The predicted molar refractivity (Wildman–Crippen MR) is 70.3 cm³/mol. The van der Waals surface area contributed by atoms with E-state index in [2.05, 4.69) is 4.98 Å². The van der Waals surface area contributed by atoms with Crippen LogP contribution in [0.5, 0.6) is 0 Å². The number of nitrogens with zero attached hydrogens (tertiary/aromatic N) is 3. The highest BCUT2D eigenvalue weighted by molar-refractivity contribution is 5.93. The van der Waals surface area contributed by atoms with Crippen molar-refractivity contribution in [3.63, 3.8) is 0 Å². The molecule has 0 bridgehead atoms. The van der Waals surface area contributed by atoms with Gasteiger partial charge in [-0.05, 0) is 18.6 Å². The van der Waals surface area contributed by atoms with Crippen molar-refractivity contribution in [3.8, 4) is 0 Å². The van der Waals surface area contributed by atoms with E-state index in [1.807, 2.05) is 4.90 Å². The fraction of sp³-hybridized carbons (Fsp3) is 0.462. The molecule has 0 saturated carbocycles. The topological polar surface area (TPSA) is 79.5 Å². The van der Waals surface area contributed by atoms with Crippen LogP contribution >= 0.6 is 0 Å². The van der Waals surface area contributed by atoms with Crippen LogP contribution in [-0.4, -0.2) is 59.3 Å². The average Bonchev–Trinajstić information content (AvgIpc) is 2.64. The van der Waals surface area contributed by atoms with Crippen molar-refractivity contribution in [2.75, 3.05) is 32.7 Å². The summed E-state index contributed by atoms with van der Waals surface area (Å²) in [6.07, 6.45) is 2.01. The van der Waals surface area contributed by atoms with Gasteiger partial charge in [-0.2, -0.15) is 4.39 Å². The average molecular weight is 280 g/mol. The largest absolute Gasteiger partial charge is 0.369 e. The zero-order valence-corrected chi connectivity index (χ0v) is 11.1. The summed E-state index contributed by atoms with van der Waals surface area (Å²) in [7, 11) is 0. The number of aromatic nitrogens is 1. The summed E-state index contributed by atoms with van der Waals surface area (Å²) in [5.41, 5.74) is 5.54. The summed E-state index contributed by atoms with van der Waals surface area (Å²) >= 11 is 0. The molecule has 0 atom stereocenters. The van der Waals surface area contributed by atoms with Gasteiger partial charge in [-0.15, -0.1) is 0 Å². The third-order valence-corrected chi connectivity index (χ3v) is 3.23. The number of carbonyl (C=O) groups excluding carboxylic acids is 2. The van der Waals surface area contributed by atoms with Gasteiger partial charge < -0.3 is 10.6 Å². The number of hydrogen-bond acceptors (Lipinski definition) is 4. The predicted octanol–water partition coefficient (Wildman–Crippen LogP) is -0.146. The van der Waals surface area contributed by atoms with Crippen LogP contribution in [0.1, 0.15) is 16.8 Å². The van der Waals surface area contributed by atoms with Gasteiger partial charge in [-0.1, -0.05) is 0 Å². The molecule has 0 unspecified atom stereocenters. The Labute approximate surface area is 116 Å². The molecule has 0 aromatic carbocycles. The fourth-order valence-electron chi connectivity index (χ4n) is 2.24. The first-order valence-corrected chi connectivity index (χ1v) is 6.48. The zero-order chi connectivity index (χ0) is 14.5. The Kier molecular flexibility index (Phi) is 4.62. The van der Waals surface area contributed by atoms with Gasteiger partial charge in [0.1, 0.15) is 0 Å². The number of hydrogen-bond donors (Lipinski definition) is 1. The minimum atomic E-state index is -0.606. The Morgan fingerprint density at radius 3 is 2.70 bits per heavy atom. The molecule has 0 aliphatic carbocycles. The van der Waals surface area contributed by atoms with Crippen molar-refractivity contribution in [2.24, 2.45) is 5.73 Å². The number of halogens is 1. The number of nitrogens with two attached hydrogens (primary N) is 1. The molecule has 1 aromatic rings. The van der Waals surface area contributed by atoms with E-state index >= 15 is 0 Å². The summed E-state index contributed by atoms with van der Waals surface area (Å²) in [6, 6.07) is 2.60. The second-order valence-corrected chi connectivity index (χ2v) is 4.76. The molecule has 1 aliphatic rings. The van der Waals surface area contributed by atoms with Crippen molar-refractivity contribution in [3.05, 3.63) is 29.8 Å². The van der Waals surface area contributed by atoms with E-state index in [0.717, 1.165) is 13.0 Å². The first kappa shape index (κ1) is 14.4. The highest BCUT2D eigenvalue weighted by atomic mass is 19.1. The van der Waals surface area contributed by atoms with Crippen LogP contribution in [0.25, 0.3) is 0 Å². The molecule has 1 aliphatic heterocycles. The van der Waals surface area contributed by atoms with Crippen molar-refractivity contribution in [1.82, 2.24) is 14.8 Å². The van der Waals surface area contributed by atoms with Crippen LogP contribution in [0.15, 0.2) is 18.3 Å². The summed E-state index contributed by atoms with van der Waals surface area (Å²) in [5, 5.41) is 0. The first-order chi connectivity index (χ1) is 9.56. The quantitative estimate of drug-likeness (QED) is 0.781. The highest BCUT2D eigenvalue weighted by Crippen LogP contribution is 2.09. The third kappa shape index (κ3) is 3.74. The van der Waals surface area contributed by atoms with E-state index in [-0.39, 0.29) is 18.4 Å². The van der Waals surface area contributed by atoms with Crippen LogP contribution in [0.4, 0.5) is 4.39 Å². The van der Waals surface area contributed by atoms with Gasteiger partial charge in [0.2, 0.25) is 11.9 Å². The molecule has 108 valence electrons. The highest BCUT2D eigenvalue weighted by Gasteiger charge is 2.21. The molecule has 2 amide bonds. The minimum Gasteiger partial charge on any atom is -0.369 e. The lowest BCUT2D eigenvalue weighted by Crippen LogP contribution is -2.38. The van der Waals surface area contributed by atoms with E-state index in [4.69, 9.17) is 5.73 Å². The van der Waals surface area contributed by atoms with Gasteiger partial charge in [0.15, 0.2) is 0 Å². The molecule has 2 rings (SSSR count). The number of carbonyl (C=O) groups is 2. The van der Waals surface area contributed by atoms with E-state index < -0.39 is 5.95 Å². The smallest absolute Gasteiger partial charge is 0.255 e. The lowest BCUT2D eigenvalue weighted by molar-refractivity contribution is -0.119. The van der Waals surface area contributed by atoms with Gasteiger partial charge in [-0.3, -0.25) is 14.5 Å². The third-order valence-electron chi connectivity index (χ3n) is 3.23. The summed E-state index contributed by atoms with van der Waals surface area (Å²) < 4.78 is 12.7. The first-order valence-electron chi connectivity index (χ1n) is 6.48. The fourth-order valence-corrected chi connectivity index (χ4v) is 2.24. The Morgan fingerprint density at radius 1 is 1.25 bits per heavy atom. The lowest BCUT2D eigenvalue weighted by atomic mass is 10.2. The molecule has 6 nitrogen and oxygen atoms in total. The van der Waals surface area contributed by atoms with Crippen molar-refractivity contribution < 1.29 is 14.0 Å². The summed E-state index contributed by atoms with van der Waals surface area (Å²) in [5.74, 6) is -1.14. The Morgan fingerprint density at radius 2 is 2.05 bits per heavy atom. The molecule has 7 heteroatoms.